The standard InChI is InChI=1S/C15H12O4/c16-8-10-1-3-11(4-2-10)15(17)12-5-6-13-14(7-12)19-9-18-13/h1-7,16H,8-9H2. The molecule has 96 valence electrons. The Morgan fingerprint density at radius 1 is 1.00 bits per heavy atom. The quantitative estimate of drug-likeness (QED) is 0.855. The average Bonchev–Trinajstić information content (AvgIpc) is 2.94. The number of aliphatic hydroxyl groups is 1. The Hall–Kier alpha value is -2.33. The first kappa shape index (κ1) is 11.7. The number of carbonyl (C=O) groups is 1. The first-order chi connectivity index (χ1) is 9.28. The van der Waals surface area contributed by atoms with Gasteiger partial charge in [-0.15, -0.1) is 0 Å². The zero-order valence-electron chi connectivity index (χ0n) is 10.1. The number of aliphatic hydroxyl groups excluding tert-OH is 1. The number of ether oxygens (including phenoxy) is 2. The summed E-state index contributed by atoms with van der Waals surface area (Å²) in [5.41, 5.74) is 1.92. The highest BCUT2D eigenvalue weighted by molar-refractivity contribution is 6.09. The van der Waals surface area contributed by atoms with Crippen molar-refractivity contribution in [3.05, 3.63) is 59.2 Å². The number of fused-ring (bicyclic) bond motifs is 1. The van der Waals surface area contributed by atoms with Crippen LogP contribution >= 0.6 is 0 Å². The minimum Gasteiger partial charge on any atom is -0.454 e. The Bertz CT molecular complexity index is 617. The lowest BCUT2D eigenvalue weighted by atomic mass is 10.0. The van der Waals surface area contributed by atoms with Gasteiger partial charge in [-0.05, 0) is 23.8 Å². The van der Waals surface area contributed by atoms with Crippen molar-refractivity contribution in [2.45, 2.75) is 6.61 Å². The van der Waals surface area contributed by atoms with E-state index in [-0.39, 0.29) is 19.2 Å². The molecular formula is C15H12O4. The van der Waals surface area contributed by atoms with Gasteiger partial charge in [0.1, 0.15) is 0 Å². The largest absolute Gasteiger partial charge is 0.454 e. The summed E-state index contributed by atoms with van der Waals surface area (Å²) in [5, 5.41) is 8.97. The van der Waals surface area contributed by atoms with Crippen LogP contribution in [0.25, 0.3) is 0 Å². The van der Waals surface area contributed by atoms with Crippen LogP contribution in [-0.4, -0.2) is 17.7 Å². The lowest BCUT2D eigenvalue weighted by molar-refractivity contribution is 0.103. The fourth-order valence-electron chi connectivity index (χ4n) is 1.97. The van der Waals surface area contributed by atoms with Crippen molar-refractivity contribution < 1.29 is 19.4 Å². The van der Waals surface area contributed by atoms with Crippen molar-refractivity contribution in [1.82, 2.24) is 0 Å². The molecule has 0 aliphatic carbocycles. The molecule has 0 fully saturated rings. The summed E-state index contributed by atoms with van der Waals surface area (Å²) < 4.78 is 10.5. The lowest BCUT2D eigenvalue weighted by Gasteiger charge is -2.03. The van der Waals surface area contributed by atoms with Gasteiger partial charge in [-0.1, -0.05) is 24.3 Å². The maximum Gasteiger partial charge on any atom is 0.231 e. The summed E-state index contributed by atoms with van der Waals surface area (Å²) >= 11 is 0. The van der Waals surface area contributed by atoms with Gasteiger partial charge in [0.25, 0.3) is 0 Å². The molecular weight excluding hydrogens is 244 g/mol. The fraction of sp³-hybridized carbons (Fsp3) is 0.133. The normalized spacial score (nSPS) is 12.5. The Balaban J connectivity index is 1.90. The Labute approximate surface area is 110 Å². The van der Waals surface area contributed by atoms with E-state index >= 15 is 0 Å². The van der Waals surface area contributed by atoms with E-state index in [0.717, 1.165) is 5.56 Å². The van der Waals surface area contributed by atoms with E-state index in [4.69, 9.17) is 14.6 Å². The number of carbonyl (C=O) groups excluding carboxylic acids is 1. The van der Waals surface area contributed by atoms with E-state index in [9.17, 15) is 4.79 Å². The van der Waals surface area contributed by atoms with Crippen molar-refractivity contribution in [3.8, 4) is 11.5 Å². The van der Waals surface area contributed by atoms with E-state index in [1.54, 1.807) is 42.5 Å². The van der Waals surface area contributed by atoms with Crippen LogP contribution in [0.5, 0.6) is 11.5 Å². The molecule has 19 heavy (non-hydrogen) atoms. The van der Waals surface area contributed by atoms with Gasteiger partial charge in [0.2, 0.25) is 6.79 Å². The SMILES string of the molecule is O=C(c1ccc(CO)cc1)c1ccc2c(c1)OCO2. The number of hydrogen-bond acceptors (Lipinski definition) is 4. The molecule has 0 saturated heterocycles. The Morgan fingerprint density at radius 2 is 1.68 bits per heavy atom. The molecule has 0 atom stereocenters. The number of ketones is 1. The van der Waals surface area contributed by atoms with E-state index in [0.29, 0.717) is 22.6 Å². The summed E-state index contributed by atoms with van der Waals surface area (Å²) in [7, 11) is 0. The summed E-state index contributed by atoms with van der Waals surface area (Å²) in [6.07, 6.45) is 0. The van der Waals surface area contributed by atoms with Gasteiger partial charge in [-0.25, -0.2) is 0 Å². The zero-order valence-corrected chi connectivity index (χ0v) is 10.1. The first-order valence-electron chi connectivity index (χ1n) is 5.92. The fourth-order valence-corrected chi connectivity index (χ4v) is 1.97. The molecule has 0 bridgehead atoms. The van der Waals surface area contributed by atoms with E-state index < -0.39 is 0 Å². The lowest BCUT2D eigenvalue weighted by Crippen LogP contribution is -2.01. The van der Waals surface area contributed by atoms with Crippen LogP contribution in [0.1, 0.15) is 21.5 Å². The molecule has 0 spiro atoms. The van der Waals surface area contributed by atoms with Crippen molar-refractivity contribution in [1.29, 1.82) is 0 Å². The molecule has 4 nitrogen and oxygen atoms in total. The van der Waals surface area contributed by atoms with Crippen LogP contribution in [-0.2, 0) is 6.61 Å². The predicted molar refractivity (Wildman–Crippen MR) is 68.4 cm³/mol. The van der Waals surface area contributed by atoms with Gasteiger partial charge in [0, 0.05) is 11.1 Å². The van der Waals surface area contributed by atoms with Crippen LogP contribution in [0.2, 0.25) is 0 Å². The third kappa shape index (κ3) is 2.18. The predicted octanol–water partition coefficient (Wildman–Crippen LogP) is 2.14. The minimum atomic E-state index is -0.0808. The highest BCUT2D eigenvalue weighted by Crippen LogP contribution is 2.33. The maximum absolute atomic E-state index is 12.3. The smallest absolute Gasteiger partial charge is 0.231 e. The van der Waals surface area contributed by atoms with Crippen LogP contribution < -0.4 is 9.47 Å². The summed E-state index contributed by atoms with van der Waals surface area (Å²) in [6.45, 7) is 0.163. The van der Waals surface area contributed by atoms with E-state index in [1.165, 1.54) is 0 Å². The van der Waals surface area contributed by atoms with Gasteiger partial charge in [-0.3, -0.25) is 4.79 Å². The van der Waals surface area contributed by atoms with Crippen LogP contribution in [0.15, 0.2) is 42.5 Å². The molecule has 4 heteroatoms. The van der Waals surface area contributed by atoms with Crippen molar-refractivity contribution in [2.24, 2.45) is 0 Å². The van der Waals surface area contributed by atoms with Crippen molar-refractivity contribution in [3.63, 3.8) is 0 Å². The Kier molecular flexibility index (Phi) is 2.93. The van der Waals surface area contributed by atoms with Gasteiger partial charge < -0.3 is 14.6 Å². The second-order valence-corrected chi connectivity index (χ2v) is 4.25. The number of hydrogen-bond donors (Lipinski definition) is 1. The van der Waals surface area contributed by atoms with Crippen LogP contribution in [0.3, 0.4) is 0 Å². The monoisotopic (exact) mass is 256 g/mol. The Morgan fingerprint density at radius 3 is 2.42 bits per heavy atom. The molecule has 0 aromatic heterocycles. The summed E-state index contributed by atoms with van der Waals surface area (Å²) in [5.74, 6) is 1.17. The summed E-state index contributed by atoms with van der Waals surface area (Å²) in [4.78, 5) is 12.3. The molecule has 0 radical (unpaired) electrons. The van der Waals surface area contributed by atoms with Gasteiger partial charge in [0.05, 0.1) is 6.61 Å². The summed E-state index contributed by atoms with van der Waals surface area (Å²) in [6, 6.07) is 12.0. The minimum absolute atomic E-state index is 0.0293. The molecule has 1 aliphatic rings. The highest BCUT2D eigenvalue weighted by atomic mass is 16.7. The van der Waals surface area contributed by atoms with Gasteiger partial charge in [-0.2, -0.15) is 0 Å². The third-order valence-electron chi connectivity index (χ3n) is 3.03. The van der Waals surface area contributed by atoms with Crippen molar-refractivity contribution >= 4 is 5.78 Å². The van der Waals surface area contributed by atoms with Crippen molar-refractivity contribution in [2.75, 3.05) is 6.79 Å². The van der Waals surface area contributed by atoms with Crippen LogP contribution in [0, 0.1) is 0 Å². The van der Waals surface area contributed by atoms with Gasteiger partial charge >= 0.3 is 0 Å². The van der Waals surface area contributed by atoms with E-state index in [1.807, 2.05) is 0 Å². The third-order valence-corrected chi connectivity index (χ3v) is 3.03. The molecule has 0 amide bonds. The molecule has 1 aliphatic heterocycles. The maximum atomic E-state index is 12.3. The molecule has 0 saturated carbocycles. The number of rotatable bonds is 3. The van der Waals surface area contributed by atoms with Crippen LogP contribution in [0.4, 0.5) is 0 Å². The second kappa shape index (κ2) is 4.74. The van der Waals surface area contributed by atoms with E-state index in [2.05, 4.69) is 0 Å². The topological polar surface area (TPSA) is 55.8 Å². The first-order valence-corrected chi connectivity index (χ1v) is 5.92. The molecule has 1 heterocycles. The second-order valence-electron chi connectivity index (χ2n) is 4.25. The molecule has 0 unspecified atom stereocenters. The number of benzene rings is 2. The zero-order chi connectivity index (χ0) is 13.2. The molecule has 2 aromatic rings. The average molecular weight is 256 g/mol. The molecule has 3 rings (SSSR count). The molecule has 2 aromatic carbocycles. The highest BCUT2D eigenvalue weighted by Gasteiger charge is 2.17. The molecule has 1 N–H and O–H groups in total. The van der Waals surface area contributed by atoms with Gasteiger partial charge in [0.15, 0.2) is 17.3 Å².